The van der Waals surface area contributed by atoms with Crippen molar-refractivity contribution in [2.75, 3.05) is 0 Å². The third kappa shape index (κ3) is 9.39. The van der Waals surface area contributed by atoms with Crippen molar-refractivity contribution in [3.63, 3.8) is 0 Å². The van der Waals surface area contributed by atoms with Gasteiger partial charge in [0.15, 0.2) is 6.23 Å². The van der Waals surface area contributed by atoms with E-state index in [2.05, 4.69) is 12.2 Å². The minimum atomic E-state index is -1.18. The van der Waals surface area contributed by atoms with Crippen molar-refractivity contribution in [1.82, 2.24) is 5.32 Å². The lowest BCUT2D eigenvalue weighted by Gasteiger charge is -2.15. The third-order valence-electron chi connectivity index (χ3n) is 2.92. The molecule has 0 bridgehead atoms. The number of nitrogens with one attached hydrogen (secondary N) is 1. The van der Waals surface area contributed by atoms with Crippen LogP contribution in [0.5, 0.6) is 0 Å². The standard InChI is InChI=1S/C13H28N2O3/c1-3-4-7-11(14)8-5-6-9-12(17)15-13(18)10(2)16/h10-11,13,16,18H,3-9,14H2,1-2H3,(H,15,17). The molecule has 3 atom stereocenters. The lowest BCUT2D eigenvalue weighted by molar-refractivity contribution is -0.126. The molecule has 0 aliphatic heterocycles. The first-order valence-corrected chi connectivity index (χ1v) is 6.88. The SMILES string of the molecule is CCCCC(N)CCCCC(=O)NC(O)C(C)O. The molecule has 0 heterocycles. The predicted molar refractivity (Wildman–Crippen MR) is 71.8 cm³/mol. The summed E-state index contributed by atoms with van der Waals surface area (Å²) in [6.45, 7) is 3.57. The number of aliphatic hydroxyl groups excluding tert-OH is 2. The van der Waals surface area contributed by atoms with E-state index in [0.717, 1.165) is 38.5 Å². The Morgan fingerprint density at radius 2 is 1.83 bits per heavy atom. The van der Waals surface area contributed by atoms with Gasteiger partial charge in [0.05, 0.1) is 6.10 Å². The largest absolute Gasteiger partial charge is 0.389 e. The van der Waals surface area contributed by atoms with Crippen molar-refractivity contribution in [1.29, 1.82) is 0 Å². The van der Waals surface area contributed by atoms with E-state index in [-0.39, 0.29) is 11.9 Å². The Hall–Kier alpha value is -0.650. The van der Waals surface area contributed by atoms with Crippen molar-refractivity contribution in [2.45, 2.75) is 77.2 Å². The Bertz CT molecular complexity index is 222. The number of unbranched alkanes of at least 4 members (excludes halogenated alkanes) is 2. The fraction of sp³-hybridized carbons (Fsp3) is 0.923. The summed E-state index contributed by atoms with van der Waals surface area (Å²) >= 11 is 0. The van der Waals surface area contributed by atoms with Crippen LogP contribution in [-0.2, 0) is 4.79 Å². The van der Waals surface area contributed by atoms with Gasteiger partial charge >= 0.3 is 0 Å². The summed E-state index contributed by atoms with van der Waals surface area (Å²) in [5.41, 5.74) is 5.92. The summed E-state index contributed by atoms with van der Waals surface area (Å²) in [6, 6.07) is 0.232. The van der Waals surface area contributed by atoms with Crippen molar-refractivity contribution < 1.29 is 15.0 Å². The Morgan fingerprint density at radius 1 is 1.22 bits per heavy atom. The summed E-state index contributed by atoms with van der Waals surface area (Å²) in [4.78, 5) is 11.4. The Kier molecular flexibility index (Phi) is 9.92. The molecule has 0 saturated carbocycles. The summed E-state index contributed by atoms with van der Waals surface area (Å²) < 4.78 is 0. The second kappa shape index (κ2) is 10.3. The van der Waals surface area contributed by atoms with Crippen LogP contribution in [0, 0.1) is 0 Å². The molecule has 1 amide bonds. The zero-order chi connectivity index (χ0) is 14.0. The van der Waals surface area contributed by atoms with Crippen LogP contribution in [0.1, 0.15) is 58.8 Å². The highest BCUT2D eigenvalue weighted by atomic mass is 16.3. The van der Waals surface area contributed by atoms with Crippen LogP contribution in [0.3, 0.4) is 0 Å². The number of carbonyl (C=O) groups excluding carboxylic acids is 1. The van der Waals surface area contributed by atoms with Gasteiger partial charge in [0.25, 0.3) is 0 Å². The van der Waals surface area contributed by atoms with E-state index in [4.69, 9.17) is 10.8 Å². The molecule has 0 aromatic heterocycles. The Balaban J connectivity index is 3.51. The second-order valence-corrected chi connectivity index (χ2v) is 4.90. The number of carbonyl (C=O) groups is 1. The van der Waals surface area contributed by atoms with E-state index in [0.29, 0.717) is 6.42 Å². The topological polar surface area (TPSA) is 95.6 Å². The first kappa shape index (κ1) is 17.4. The Labute approximate surface area is 110 Å². The number of nitrogens with two attached hydrogens (primary N) is 1. The van der Waals surface area contributed by atoms with Crippen molar-refractivity contribution in [2.24, 2.45) is 5.73 Å². The smallest absolute Gasteiger partial charge is 0.222 e. The molecular formula is C13H28N2O3. The molecule has 0 radical (unpaired) electrons. The van der Waals surface area contributed by atoms with Gasteiger partial charge in [-0.3, -0.25) is 4.79 Å². The monoisotopic (exact) mass is 260 g/mol. The molecule has 0 aromatic rings. The highest BCUT2D eigenvalue weighted by molar-refractivity contribution is 5.76. The van der Waals surface area contributed by atoms with Gasteiger partial charge in [-0.05, 0) is 26.2 Å². The highest BCUT2D eigenvalue weighted by Gasteiger charge is 2.13. The van der Waals surface area contributed by atoms with Gasteiger partial charge in [-0.1, -0.05) is 26.2 Å². The fourth-order valence-electron chi connectivity index (χ4n) is 1.66. The van der Waals surface area contributed by atoms with Gasteiger partial charge in [0, 0.05) is 12.5 Å². The molecule has 0 aliphatic rings. The first-order chi connectivity index (χ1) is 8.47. The van der Waals surface area contributed by atoms with Gasteiger partial charge in [0.1, 0.15) is 0 Å². The first-order valence-electron chi connectivity index (χ1n) is 6.88. The van der Waals surface area contributed by atoms with Crippen molar-refractivity contribution in [3.8, 4) is 0 Å². The lowest BCUT2D eigenvalue weighted by atomic mass is 10.0. The maximum atomic E-state index is 11.4. The summed E-state index contributed by atoms with van der Waals surface area (Å²) in [5.74, 6) is -0.231. The third-order valence-corrected chi connectivity index (χ3v) is 2.92. The average molecular weight is 260 g/mol. The molecule has 0 aromatic carbocycles. The number of hydrogen-bond acceptors (Lipinski definition) is 4. The molecule has 18 heavy (non-hydrogen) atoms. The Morgan fingerprint density at radius 3 is 2.39 bits per heavy atom. The van der Waals surface area contributed by atoms with E-state index in [1.165, 1.54) is 6.92 Å². The van der Waals surface area contributed by atoms with E-state index in [1.807, 2.05) is 0 Å². The summed E-state index contributed by atoms with van der Waals surface area (Å²) in [5, 5.41) is 20.6. The minimum absolute atomic E-state index is 0.231. The van der Waals surface area contributed by atoms with Crippen LogP contribution < -0.4 is 11.1 Å². The number of amides is 1. The minimum Gasteiger partial charge on any atom is -0.389 e. The van der Waals surface area contributed by atoms with Crippen LogP contribution in [0.4, 0.5) is 0 Å². The van der Waals surface area contributed by atoms with Crippen LogP contribution in [-0.4, -0.2) is 34.5 Å². The zero-order valence-electron chi connectivity index (χ0n) is 11.6. The van der Waals surface area contributed by atoms with Crippen molar-refractivity contribution >= 4 is 5.91 Å². The summed E-state index contributed by atoms with van der Waals surface area (Å²) in [7, 11) is 0. The number of hydrogen-bond donors (Lipinski definition) is 4. The van der Waals surface area contributed by atoms with Crippen LogP contribution in [0.25, 0.3) is 0 Å². The number of aliphatic hydroxyl groups is 2. The molecule has 108 valence electrons. The quantitative estimate of drug-likeness (QED) is 0.346. The molecule has 5 heteroatoms. The van der Waals surface area contributed by atoms with Gasteiger partial charge in [-0.15, -0.1) is 0 Å². The lowest BCUT2D eigenvalue weighted by Crippen LogP contribution is -2.41. The van der Waals surface area contributed by atoms with Gasteiger partial charge in [-0.2, -0.15) is 0 Å². The number of rotatable bonds is 10. The molecule has 0 fully saturated rings. The van der Waals surface area contributed by atoms with E-state index >= 15 is 0 Å². The second-order valence-electron chi connectivity index (χ2n) is 4.90. The van der Waals surface area contributed by atoms with E-state index < -0.39 is 12.3 Å². The van der Waals surface area contributed by atoms with Gasteiger partial charge in [-0.25, -0.2) is 0 Å². The molecule has 0 spiro atoms. The molecule has 0 saturated heterocycles. The van der Waals surface area contributed by atoms with Gasteiger partial charge in [0.2, 0.25) is 5.91 Å². The molecule has 0 rings (SSSR count). The van der Waals surface area contributed by atoms with Crippen molar-refractivity contribution in [3.05, 3.63) is 0 Å². The van der Waals surface area contributed by atoms with E-state index in [9.17, 15) is 9.90 Å². The van der Waals surface area contributed by atoms with Gasteiger partial charge < -0.3 is 21.3 Å². The van der Waals surface area contributed by atoms with Crippen LogP contribution >= 0.6 is 0 Å². The van der Waals surface area contributed by atoms with Crippen LogP contribution in [0.2, 0.25) is 0 Å². The molecule has 5 nitrogen and oxygen atoms in total. The maximum absolute atomic E-state index is 11.4. The molecule has 3 unspecified atom stereocenters. The summed E-state index contributed by atoms with van der Waals surface area (Å²) in [6.07, 6.45) is 4.22. The molecule has 0 aliphatic carbocycles. The zero-order valence-corrected chi connectivity index (χ0v) is 11.6. The van der Waals surface area contributed by atoms with Crippen LogP contribution in [0.15, 0.2) is 0 Å². The average Bonchev–Trinajstić information content (AvgIpc) is 2.31. The maximum Gasteiger partial charge on any atom is 0.222 e. The molecular weight excluding hydrogens is 232 g/mol. The molecule has 5 N–H and O–H groups in total. The fourth-order valence-corrected chi connectivity index (χ4v) is 1.66. The predicted octanol–water partition coefficient (Wildman–Crippen LogP) is 0.880. The van der Waals surface area contributed by atoms with E-state index in [1.54, 1.807) is 0 Å². The highest BCUT2D eigenvalue weighted by Crippen LogP contribution is 2.07. The normalized spacial score (nSPS) is 16.1.